The van der Waals surface area contributed by atoms with Crippen LogP contribution in [0, 0.1) is 6.92 Å². The van der Waals surface area contributed by atoms with Crippen molar-refractivity contribution in [3.05, 3.63) is 46.0 Å². The van der Waals surface area contributed by atoms with Crippen LogP contribution in [0.3, 0.4) is 0 Å². The van der Waals surface area contributed by atoms with E-state index in [0.29, 0.717) is 11.1 Å². The molecule has 0 aliphatic carbocycles. The van der Waals surface area contributed by atoms with E-state index in [0.717, 1.165) is 18.2 Å². The van der Waals surface area contributed by atoms with E-state index in [-0.39, 0.29) is 27.8 Å². The van der Waals surface area contributed by atoms with E-state index in [9.17, 15) is 27.3 Å². The number of ether oxygens (including phenoxy) is 1. The lowest BCUT2D eigenvalue weighted by molar-refractivity contribution is -0.0384. The zero-order valence-electron chi connectivity index (χ0n) is 16.9. The Morgan fingerprint density at radius 2 is 1.80 bits per heavy atom. The average molecular weight is 464 g/mol. The largest absolute Gasteiger partial charge is 0.507 e. The maximum Gasteiger partial charge on any atom is 0.475 e. The summed E-state index contributed by atoms with van der Waals surface area (Å²) in [6, 6.07) is 4.65. The highest BCUT2D eigenvalue weighted by Crippen LogP contribution is 2.39. The quantitative estimate of drug-likeness (QED) is 0.624. The van der Waals surface area contributed by atoms with Gasteiger partial charge in [-0.05, 0) is 42.2 Å². The highest BCUT2D eigenvalue weighted by molar-refractivity contribution is 7.86. The van der Waals surface area contributed by atoms with Crippen LogP contribution in [0.5, 0.6) is 11.5 Å². The first-order chi connectivity index (χ1) is 13.7. The number of benzene rings is 2. The second-order valence-electron chi connectivity index (χ2n) is 7.54. The molecule has 2 aromatic rings. The summed E-state index contributed by atoms with van der Waals surface area (Å²) in [5.74, 6) is -1.08. The molecule has 0 spiro atoms. The molecule has 2 N–H and O–H groups in total. The monoisotopic (exact) mass is 463 g/mol. The fourth-order valence-electron chi connectivity index (χ4n) is 2.79. The molecule has 0 saturated carbocycles. The number of alkyl halides is 3. The standard InChI is InChI=1S/C20H21ClF3NO4S/c1-10-13(21)9-12(19(2,3)4)17(26)16(10)18(27)25-14-7-6-11(8-15(14)29-5)30(28)20(22,23)24/h6-9,26H,1-5H3,(H,25,27). The molecular formula is C20H21ClF3NO4S. The van der Waals surface area contributed by atoms with Crippen LogP contribution in [0.15, 0.2) is 29.2 Å². The Labute approximate surface area is 179 Å². The number of hydrogen-bond donors (Lipinski definition) is 2. The molecule has 5 nitrogen and oxygen atoms in total. The van der Waals surface area contributed by atoms with Crippen molar-refractivity contribution in [2.75, 3.05) is 12.4 Å². The van der Waals surface area contributed by atoms with Crippen molar-refractivity contribution in [2.45, 2.75) is 43.5 Å². The lowest BCUT2D eigenvalue weighted by Crippen LogP contribution is -2.19. The molecule has 0 radical (unpaired) electrons. The molecule has 1 unspecified atom stereocenters. The third kappa shape index (κ3) is 4.89. The van der Waals surface area contributed by atoms with Gasteiger partial charge in [0.1, 0.15) is 11.5 Å². The topological polar surface area (TPSA) is 75.6 Å². The summed E-state index contributed by atoms with van der Waals surface area (Å²) in [6.07, 6.45) is 0. The van der Waals surface area contributed by atoms with Crippen LogP contribution in [0.1, 0.15) is 42.3 Å². The van der Waals surface area contributed by atoms with Gasteiger partial charge in [0.05, 0.1) is 23.3 Å². The molecule has 0 aromatic heterocycles. The van der Waals surface area contributed by atoms with Gasteiger partial charge >= 0.3 is 5.51 Å². The minimum absolute atomic E-state index is 0.0431. The molecule has 1 atom stereocenters. The minimum atomic E-state index is -4.93. The van der Waals surface area contributed by atoms with Gasteiger partial charge in [0.2, 0.25) is 0 Å². The number of phenols is 1. The molecular weight excluding hydrogens is 443 g/mol. The third-order valence-electron chi connectivity index (χ3n) is 4.38. The van der Waals surface area contributed by atoms with Crippen molar-refractivity contribution in [3.8, 4) is 11.5 Å². The number of nitrogens with one attached hydrogen (secondary N) is 1. The van der Waals surface area contributed by atoms with Gasteiger partial charge in [-0.15, -0.1) is 0 Å². The molecule has 1 amide bonds. The number of carbonyl (C=O) groups is 1. The normalized spacial score (nSPS) is 13.1. The molecule has 0 fully saturated rings. The van der Waals surface area contributed by atoms with E-state index in [1.165, 1.54) is 7.11 Å². The van der Waals surface area contributed by atoms with E-state index in [1.807, 2.05) is 20.8 Å². The van der Waals surface area contributed by atoms with Crippen molar-refractivity contribution < 1.29 is 32.0 Å². The van der Waals surface area contributed by atoms with Gasteiger partial charge in [-0.1, -0.05) is 32.4 Å². The van der Waals surface area contributed by atoms with E-state index in [2.05, 4.69) is 5.32 Å². The number of rotatable bonds is 4. The van der Waals surface area contributed by atoms with E-state index in [4.69, 9.17) is 16.3 Å². The molecule has 10 heteroatoms. The first-order valence-corrected chi connectivity index (χ1v) is 10.2. The zero-order valence-corrected chi connectivity index (χ0v) is 18.5. The van der Waals surface area contributed by atoms with Crippen LogP contribution in [-0.2, 0) is 16.2 Å². The Hall–Kier alpha value is -2.26. The number of methoxy groups -OCH3 is 1. The van der Waals surface area contributed by atoms with Crippen molar-refractivity contribution in [1.82, 2.24) is 0 Å². The molecule has 0 bridgehead atoms. The molecule has 2 aromatic carbocycles. The van der Waals surface area contributed by atoms with Gasteiger partial charge in [0.15, 0.2) is 10.8 Å². The minimum Gasteiger partial charge on any atom is -0.507 e. The number of halogens is 4. The molecule has 30 heavy (non-hydrogen) atoms. The summed E-state index contributed by atoms with van der Waals surface area (Å²) in [4.78, 5) is 12.4. The molecule has 164 valence electrons. The molecule has 0 aliphatic heterocycles. The SMILES string of the molecule is COc1cc(S(=O)C(F)(F)F)ccc1NC(=O)c1c(C)c(Cl)cc(C(C)(C)C)c1O. The molecule has 2 rings (SSSR count). The van der Waals surface area contributed by atoms with Crippen molar-refractivity contribution in [2.24, 2.45) is 0 Å². The predicted molar refractivity (Wildman–Crippen MR) is 110 cm³/mol. The maximum atomic E-state index is 12.9. The summed E-state index contributed by atoms with van der Waals surface area (Å²) < 4.78 is 54.7. The first kappa shape index (κ1) is 24.0. The predicted octanol–water partition coefficient (Wildman–Crippen LogP) is 5.54. The number of carbonyl (C=O) groups excluding carboxylic acids is 1. The van der Waals surface area contributed by atoms with Gasteiger partial charge in [0.25, 0.3) is 5.91 Å². The lowest BCUT2D eigenvalue weighted by atomic mass is 9.84. The number of amides is 1. The van der Waals surface area contributed by atoms with Crippen LogP contribution in [0.25, 0.3) is 0 Å². The Balaban J connectivity index is 2.49. The van der Waals surface area contributed by atoms with Crippen LogP contribution < -0.4 is 10.1 Å². The van der Waals surface area contributed by atoms with Crippen molar-refractivity contribution in [3.63, 3.8) is 0 Å². The van der Waals surface area contributed by atoms with Gasteiger partial charge in [-0.2, -0.15) is 13.2 Å². The number of hydrogen-bond acceptors (Lipinski definition) is 4. The van der Waals surface area contributed by atoms with E-state index in [1.54, 1.807) is 13.0 Å². The number of aromatic hydroxyl groups is 1. The molecule has 0 heterocycles. The van der Waals surface area contributed by atoms with Gasteiger partial charge in [-0.3, -0.25) is 4.79 Å². The molecule has 0 aliphatic rings. The lowest BCUT2D eigenvalue weighted by Gasteiger charge is -2.23. The highest BCUT2D eigenvalue weighted by Gasteiger charge is 2.38. The van der Waals surface area contributed by atoms with Crippen LogP contribution in [-0.4, -0.2) is 27.8 Å². The van der Waals surface area contributed by atoms with Crippen LogP contribution >= 0.6 is 11.6 Å². The van der Waals surface area contributed by atoms with Crippen LogP contribution in [0.4, 0.5) is 18.9 Å². The fourth-order valence-corrected chi connectivity index (χ4v) is 3.67. The van der Waals surface area contributed by atoms with Gasteiger partial charge in [-0.25, -0.2) is 4.21 Å². The van der Waals surface area contributed by atoms with E-state index >= 15 is 0 Å². The van der Waals surface area contributed by atoms with Crippen molar-refractivity contribution >= 4 is 34.0 Å². The first-order valence-electron chi connectivity index (χ1n) is 8.69. The second kappa shape index (κ2) is 8.47. The summed E-state index contributed by atoms with van der Waals surface area (Å²) in [6.45, 7) is 7.10. The van der Waals surface area contributed by atoms with Crippen molar-refractivity contribution in [1.29, 1.82) is 0 Å². The molecule has 0 saturated heterocycles. The number of phenolic OH excluding ortho intramolecular Hbond substituents is 1. The second-order valence-corrected chi connectivity index (χ2v) is 9.41. The Kier molecular flexibility index (Phi) is 6.78. The van der Waals surface area contributed by atoms with Gasteiger partial charge in [0, 0.05) is 10.6 Å². The Bertz CT molecular complexity index is 1020. The Morgan fingerprint density at radius 1 is 1.20 bits per heavy atom. The summed E-state index contributed by atoms with van der Waals surface area (Å²) >= 11 is 6.24. The summed E-state index contributed by atoms with van der Waals surface area (Å²) in [7, 11) is -2.04. The van der Waals surface area contributed by atoms with Gasteiger partial charge < -0.3 is 15.2 Å². The summed E-state index contributed by atoms with van der Waals surface area (Å²) in [5.41, 5.74) is -4.64. The number of anilines is 1. The Morgan fingerprint density at radius 3 is 2.30 bits per heavy atom. The van der Waals surface area contributed by atoms with E-state index < -0.39 is 32.5 Å². The smallest absolute Gasteiger partial charge is 0.475 e. The maximum absolute atomic E-state index is 12.9. The van der Waals surface area contributed by atoms with Crippen LogP contribution in [0.2, 0.25) is 5.02 Å². The average Bonchev–Trinajstić information content (AvgIpc) is 2.62. The fraction of sp³-hybridized carbons (Fsp3) is 0.350. The summed E-state index contributed by atoms with van der Waals surface area (Å²) in [5, 5.41) is 13.5. The third-order valence-corrected chi connectivity index (χ3v) is 5.87. The zero-order chi connectivity index (χ0) is 23.0. The highest BCUT2D eigenvalue weighted by atomic mass is 35.5.